The maximum Gasteiger partial charge on any atom is 0.247 e. The van der Waals surface area contributed by atoms with Crippen LogP contribution in [0.3, 0.4) is 0 Å². The highest BCUT2D eigenvalue weighted by Crippen LogP contribution is 2.89. The Hall–Kier alpha value is -1.95. The quantitative estimate of drug-likeness (QED) is 0.148. The van der Waals surface area contributed by atoms with Crippen LogP contribution in [0.25, 0.3) is 48.8 Å². The van der Waals surface area contributed by atoms with Crippen LogP contribution < -0.4 is 0 Å². The van der Waals surface area contributed by atoms with Gasteiger partial charge in [0.2, 0.25) is 20.1 Å². The highest BCUT2D eigenvalue weighted by atomic mass is 32.3. The van der Waals surface area contributed by atoms with Crippen molar-refractivity contribution in [3.05, 3.63) is 291 Å². The fourth-order valence-corrected chi connectivity index (χ4v) is 55.8. The van der Waals surface area contributed by atoms with Crippen LogP contribution in [0.4, 0.5) is 0 Å². The zero-order chi connectivity index (χ0) is 68.0. The number of nitriles is 1. The largest absolute Gasteiger partial charge is 0.247 e. The van der Waals surface area contributed by atoms with Gasteiger partial charge in [0, 0.05) is 88.2 Å². The molecule has 0 saturated carbocycles. The summed E-state index contributed by atoms with van der Waals surface area (Å²) in [6, 6.07) is 68.7. The van der Waals surface area contributed by atoms with Gasteiger partial charge in [0.25, 0.3) is 0 Å². The van der Waals surface area contributed by atoms with E-state index in [-0.39, 0.29) is 25.8 Å². The van der Waals surface area contributed by atoms with Gasteiger partial charge in [0.05, 0.1) is 32.4 Å². The third kappa shape index (κ3) is 13.0. The molecule has 8 aromatic carbocycles. The molecule has 0 saturated heterocycles. The Labute approximate surface area is 701 Å². The molecule has 0 aliphatic carbocycles. The number of nitrogens with zero attached hydrogens (tertiary/aromatic N) is 5. The van der Waals surface area contributed by atoms with E-state index < -0.39 is 5.49 Å². The molecular formula is C74H41N5S24. The van der Waals surface area contributed by atoms with Crippen LogP contribution in [-0.4, -0.2) is 16.5 Å². The third-order valence-corrected chi connectivity index (χ3v) is 56.5. The first-order valence-corrected chi connectivity index (χ1v) is 49.6. The minimum Gasteiger partial charge on any atom is -0.242 e. The summed E-state index contributed by atoms with van der Waals surface area (Å²) in [7, 11) is 0. The lowest BCUT2D eigenvalue weighted by molar-refractivity contribution is 0.892. The van der Waals surface area contributed by atoms with Gasteiger partial charge in [-0.3, -0.25) is 0 Å². The molecule has 0 aromatic heterocycles. The summed E-state index contributed by atoms with van der Waals surface area (Å²) in [5, 5.41) is 11.8. The maximum atomic E-state index is 9.67. The third-order valence-electron chi connectivity index (χ3n) is 16.0. The second kappa shape index (κ2) is 29.3. The van der Waals surface area contributed by atoms with E-state index in [0.29, 0.717) is 20.0 Å². The van der Waals surface area contributed by atoms with Crippen molar-refractivity contribution < 1.29 is 0 Å². The molecule has 103 heavy (non-hydrogen) atoms. The summed E-state index contributed by atoms with van der Waals surface area (Å²) in [6.45, 7) is 32.4. The number of allylic oxidation sites excluding steroid dienone is 2. The van der Waals surface area contributed by atoms with Gasteiger partial charge in [-0.2, -0.15) is 5.26 Å². The molecule has 12 aliphatic heterocycles. The maximum absolute atomic E-state index is 9.67. The molecule has 2 atom stereocenters. The van der Waals surface area contributed by atoms with Gasteiger partial charge in [-0.15, -0.1) is 58.8 Å². The highest BCUT2D eigenvalue weighted by Gasteiger charge is 2.62. The van der Waals surface area contributed by atoms with E-state index in [1.54, 1.807) is 94.1 Å². The average molecular weight is 1770 g/mol. The Morgan fingerprint density at radius 3 is 0.621 bits per heavy atom. The molecule has 12 aliphatic rings. The summed E-state index contributed by atoms with van der Waals surface area (Å²) in [6.07, 6.45) is 0. The molecular weight excluding hydrogens is 1730 g/mol. The standard InChI is InChI=1S/C51H30S12.C21H3N5S12.2CH4/c1-7-19-31(20-8-1)37-38(32-21-9-2-10-22-32)53-49(52-37)58-43-44(59-49)46-48(63-51(61-46)56-41(35-27-15-5-16-28-35)42(57-51)36-29-17-6-18-30-36)47-45(43)60-50(62-47)54-39(33-23-11-3-12-24-33)40(55-50)34-25-13-4-14-26-34;1-7-15(23-2)35-19(27-7)29-9-10(30-19)13-14(34-21(33-13)37-17(25-4)18(26-5)38-21)12-11(9)31-20(32-12)28-8(6-22)16(24-3)36-20;;/h1-30H;1H3;2*1H4. The predicted molar refractivity (Wildman–Crippen MR) is 482 cm³/mol. The van der Waals surface area contributed by atoms with Crippen LogP contribution in [0, 0.1) is 37.6 Å². The first kappa shape index (κ1) is 73.8. The Kier molecular flexibility index (Phi) is 21.0. The number of benzene rings is 8. The molecule has 0 N–H and O–H groups in total. The number of thioether (sulfide) groups is 24. The Morgan fingerprint density at radius 1 is 0.243 bits per heavy atom. The van der Waals surface area contributed by atoms with Crippen molar-refractivity contribution in [1.82, 2.24) is 0 Å². The van der Waals surface area contributed by atoms with Crippen molar-refractivity contribution >= 4 is 312 Å². The summed E-state index contributed by atoms with van der Waals surface area (Å²) < 4.78 is -1.82. The van der Waals surface area contributed by atoms with E-state index in [4.69, 9.17) is 26.3 Å². The molecule has 0 amide bonds. The normalized spacial score (nSPS) is 23.0. The van der Waals surface area contributed by atoms with Crippen molar-refractivity contribution in [3.63, 3.8) is 0 Å². The summed E-state index contributed by atoms with van der Waals surface area (Å²) in [4.78, 5) is 40.4. The minimum atomic E-state index is -0.471. The van der Waals surface area contributed by atoms with Gasteiger partial charge in [-0.25, -0.2) is 19.4 Å². The van der Waals surface area contributed by atoms with Crippen LogP contribution in [0.2, 0.25) is 0 Å². The fourth-order valence-electron chi connectivity index (χ4n) is 11.8. The lowest BCUT2D eigenvalue weighted by Gasteiger charge is -2.21. The van der Waals surface area contributed by atoms with Gasteiger partial charge < -0.3 is 0 Å². The van der Waals surface area contributed by atoms with E-state index in [9.17, 15) is 5.26 Å². The molecule has 0 radical (unpaired) electrons. The first-order chi connectivity index (χ1) is 49.3. The van der Waals surface area contributed by atoms with Gasteiger partial charge in [0.15, 0.2) is 13.7 Å². The second-order valence-electron chi connectivity index (χ2n) is 22.2. The molecule has 12 heterocycles. The fraction of sp³-hybridized carbons (Fsp3) is 0.122. The average Bonchev–Trinajstić information content (AvgIpc) is 1.53. The lowest BCUT2D eigenvalue weighted by Crippen LogP contribution is -2.01. The molecule has 2 unspecified atom stereocenters. The van der Waals surface area contributed by atoms with E-state index >= 15 is 0 Å². The van der Waals surface area contributed by atoms with Gasteiger partial charge in [-0.1, -0.05) is 420 Å². The number of rotatable bonds is 6. The monoisotopic (exact) mass is 1770 g/mol. The van der Waals surface area contributed by atoms with Crippen molar-refractivity contribution in [2.75, 3.05) is 0 Å². The van der Waals surface area contributed by atoms with Crippen LogP contribution >= 0.6 is 282 Å². The van der Waals surface area contributed by atoms with Crippen molar-refractivity contribution in [1.29, 1.82) is 5.26 Å². The minimum absolute atomic E-state index is 0. The Balaban J connectivity index is 0.000000169. The SMILES string of the molecule is C.C.[C-]#[N+]C1=C(C)SC2(S1)Sc1c(c3c(c4c1SC1(SC(C#N)=C([N+]#[C-])S1)S4)SC1(SC([N+]#[C-])=C([N+]#[C-])S1)S3)S2.c1ccc(C2=C(c3ccccc3)SC3(S2)Sc2c4c(c5c(c2S3)SC2(SC(c3ccccc3)=C(c3ccccc3)S2)S5)SC2(SC(c3ccccc3)=C(c3ccccc3)S2)S4)cc1. The first-order valence-electron chi connectivity index (χ1n) is 30.0. The van der Waals surface area contributed by atoms with Crippen molar-refractivity contribution in [3.8, 4) is 6.07 Å². The molecule has 6 spiro atoms. The van der Waals surface area contributed by atoms with Crippen LogP contribution in [0.5, 0.6) is 0 Å². The molecule has 0 fully saturated rings. The van der Waals surface area contributed by atoms with E-state index in [1.807, 2.05) is 6.92 Å². The van der Waals surface area contributed by atoms with Gasteiger partial charge in [0.1, 0.15) is 7.65 Å². The highest BCUT2D eigenvalue weighted by molar-refractivity contribution is 8.58. The molecule has 0 bridgehead atoms. The topological polar surface area (TPSA) is 41.2 Å². The molecule has 8 aromatic rings. The molecule has 29 heteroatoms. The second-order valence-corrected chi connectivity index (χ2v) is 61.0. The smallest absolute Gasteiger partial charge is 0.242 e. The lowest BCUT2D eigenvalue weighted by atomic mass is 10.1. The number of hydrogen-bond donors (Lipinski definition) is 0. The van der Waals surface area contributed by atoms with Crippen molar-refractivity contribution in [2.45, 2.75) is 97.0 Å². The molecule has 20 rings (SSSR count). The van der Waals surface area contributed by atoms with E-state index in [2.05, 4.69) is 349 Å². The molecule has 5 nitrogen and oxygen atoms in total. The predicted octanol–water partition coefficient (Wildman–Crippen LogP) is 31.6. The van der Waals surface area contributed by atoms with Crippen LogP contribution in [0.1, 0.15) is 55.2 Å². The van der Waals surface area contributed by atoms with Crippen molar-refractivity contribution in [2.24, 2.45) is 0 Å². The zero-order valence-corrected chi connectivity index (χ0v) is 70.5. The Morgan fingerprint density at radius 2 is 0.427 bits per heavy atom. The summed E-state index contributed by atoms with van der Waals surface area (Å²) in [5.41, 5.74) is 7.78. The summed E-state index contributed by atoms with van der Waals surface area (Å²) in [5.74, 6) is 0. The van der Waals surface area contributed by atoms with Crippen LogP contribution in [0.15, 0.2) is 271 Å². The van der Waals surface area contributed by atoms with Crippen LogP contribution in [-0.2, 0) is 0 Å². The summed E-state index contributed by atoms with van der Waals surface area (Å²) >= 11 is 44.8. The van der Waals surface area contributed by atoms with Gasteiger partial charge in [-0.05, 0) is 45.2 Å². The zero-order valence-electron chi connectivity index (χ0n) is 50.9. The Bertz CT molecular complexity index is 4710. The molecule has 506 valence electrons. The van der Waals surface area contributed by atoms with E-state index in [1.165, 1.54) is 159 Å². The van der Waals surface area contributed by atoms with E-state index in [0.717, 1.165) is 19.7 Å². The number of hydrogen-bond acceptors (Lipinski definition) is 25. The number of fused-ring (bicyclic) bond motifs is 12. The van der Waals surface area contributed by atoms with Gasteiger partial charge >= 0.3 is 0 Å².